The van der Waals surface area contributed by atoms with Gasteiger partial charge in [0.2, 0.25) is 0 Å². The van der Waals surface area contributed by atoms with Crippen LogP contribution in [0.15, 0.2) is 22.7 Å². The molecule has 0 amide bonds. The van der Waals surface area contributed by atoms with E-state index < -0.39 is 0 Å². The van der Waals surface area contributed by atoms with Crippen LogP contribution in [0.4, 0.5) is 0 Å². The number of hydrogen-bond acceptors (Lipinski definition) is 2. The molecule has 0 radical (unpaired) electrons. The molecule has 1 aliphatic heterocycles. The minimum atomic E-state index is 0.271. The lowest BCUT2D eigenvalue weighted by molar-refractivity contribution is 0.105. The first kappa shape index (κ1) is 13.4. The summed E-state index contributed by atoms with van der Waals surface area (Å²) in [5, 5.41) is 0. The van der Waals surface area contributed by atoms with E-state index in [0.717, 1.165) is 23.2 Å². The normalized spacial score (nSPS) is 25.9. The number of benzene rings is 1. The van der Waals surface area contributed by atoms with Crippen molar-refractivity contribution in [3.63, 3.8) is 0 Å². The van der Waals surface area contributed by atoms with Gasteiger partial charge in [0.1, 0.15) is 5.75 Å². The van der Waals surface area contributed by atoms with Gasteiger partial charge < -0.3 is 9.47 Å². The lowest BCUT2D eigenvalue weighted by atomic mass is 9.93. The summed E-state index contributed by atoms with van der Waals surface area (Å²) in [4.78, 5) is 0.271. The Labute approximate surface area is 119 Å². The van der Waals surface area contributed by atoms with E-state index in [-0.39, 0.29) is 4.83 Å². The predicted octanol–water partition coefficient (Wildman–Crippen LogP) is 4.32. The summed E-state index contributed by atoms with van der Waals surface area (Å²) >= 11 is 7.31. The Bertz CT molecular complexity index is 395. The Morgan fingerprint density at radius 1 is 1.47 bits per heavy atom. The average Bonchev–Trinajstić information content (AvgIpc) is 2.74. The van der Waals surface area contributed by atoms with Crippen LogP contribution in [-0.4, -0.2) is 19.8 Å². The van der Waals surface area contributed by atoms with E-state index in [1.807, 2.05) is 12.1 Å². The molecule has 0 saturated carbocycles. The molecule has 1 aliphatic rings. The van der Waals surface area contributed by atoms with Crippen molar-refractivity contribution in [3.8, 4) is 5.75 Å². The van der Waals surface area contributed by atoms with Gasteiger partial charge in [-0.2, -0.15) is 0 Å². The summed E-state index contributed by atoms with van der Waals surface area (Å²) in [6.07, 6.45) is 1.38. The van der Waals surface area contributed by atoms with Crippen LogP contribution < -0.4 is 4.74 Å². The van der Waals surface area contributed by atoms with E-state index in [4.69, 9.17) is 9.47 Å². The van der Waals surface area contributed by atoms with Crippen molar-refractivity contribution in [2.75, 3.05) is 13.7 Å². The summed E-state index contributed by atoms with van der Waals surface area (Å²) in [6.45, 7) is 2.99. The van der Waals surface area contributed by atoms with Crippen LogP contribution in [0.2, 0.25) is 0 Å². The molecule has 0 spiro atoms. The fraction of sp³-hybridized carbons (Fsp3) is 0.538. The maximum Gasteiger partial charge on any atom is 0.123 e. The van der Waals surface area contributed by atoms with Crippen molar-refractivity contribution in [3.05, 3.63) is 28.2 Å². The number of rotatable bonds is 3. The van der Waals surface area contributed by atoms with Gasteiger partial charge in [-0.15, -0.1) is 0 Å². The quantitative estimate of drug-likeness (QED) is 0.744. The Kier molecular flexibility index (Phi) is 4.50. The zero-order chi connectivity index (χ0) is 12.4. The number of halogens is 2. The van der Waals surface area contributed by atoms with Gasteiger partial charge in [0.25, 0.3) is 0 Å². The third-order valence-electron chi connectivity index (χ3n) is 3.30. The minimum absolute atomic E-state index is 0.271. The Hall–Kier alpha value is -0.0600. The van der Waals surface area contributed by atoms with Crippen molar-refractivity contribution in [2.45, 2.75) is 24.3 Å². The number of ether oxygens (including phenoxy) is 2. The van der Waals surface area contributed by atoms with E-state index in [9.17, 15) is 0 Å². The Morgan fingerprint density at radius 2 is 2.24 bits per heavy atom. The monoisotopic (exact) mass is 362 g/mol. The summed E-state index contributed by atoms with van der Waals surface area (Å²) in [5.41, 5.74) is 1.18. The van der Waals surface area contributed by atoms with Crippen LogP contribution >= 0.6 is 31.9 Å². The van der Waals surface area contributed by atoms with Crippen molar-refractivity contribution < 1.29 is 9.47 Å². The molecule has 1 aromatic carbocycles. The summed E-state index contributed by atoms with van der Waals surface area (Å²) in [7, 11) is 1.71. The van der Waals surface area contributed by atoms with Crippen LogP contribution in [0.3, 0.4) is 0 Å². The molecule has 1 aromatic rings. The fourth-order valence-electron chi connectivity index (χ4n) is 2.28. The van der Waals surface area contributed by atoms with Gasteiger partial charge in [0.05, 0.1) is 13.2 Å². The second-order valence-electron chi connectivity index (χ2n) is 4.32. The molecule has 1 heterocycles. The molecule has 0 bridgehead atoms. The first-order chi connectivity index (χ1) is 8.13. The molecule has 2 rings (SSSR count). The molecule has 94 valence electrons. The smallest absolute Gasteiger partial charge is 0.123 e. The van der Waals surface area contributed by atoms with Crippen LogP contribution in [0.5, 0.6) is 5.75 Å². The predicted molar refractivity (Wildman–Crippen MR) is 75.9 cm³/mol. The Balaban J connectivity index is 2.28. The van der Waals surface area contributed by atoms with Crippen LogP contribution in [-0.2, 0) is 4.74 Å². The average molecular weight is 364 g/mol. The van der Waals surface area contributed by atoms with Crippen LogP contribution in [0.25, 0.3) is 0 Å². The molecule has 0 aromatic heterocycles. The molecular weight excluding hydrogens is 348 g/mol. The molecule has 3 atom stereocenters. The van der Waals surface area contributed by atoms with Gasteiger partial charge in [-0.05, 0) is 31.5 Å². The highest BCUT2D eigenvalue weighted by atomic mass is 79.9. The van der Waals surface area contributed by atoms with E-state index in [2.05, 4.69) is 44.8 Å². The zero-order valence-electron chi connectivity index (χ0n) is 9.95. The second-order valence-corrected chi connectivity index (χ2v) is 6.22. The van der Waals surface area contributed by atoms with Crippen molar-refractivity contribution >= 4 is 31.9 Å². The molecule has 4 heteroatoms. The highest BCUT2D eigenvalue weighted by Crippen LogP contribution is 2.43. The van der Waals surface area contributed by atoms with Crippen molar-refractivity contribution in [1.82, 2.24) is 0 Å². The summed E-state index contributed by atoms with van der Waals surface area (Å²) in [5.74, 6) is 1.42. The molecule has 3 unspecified atom stereocenters. The molecule has 0 aliphatic carbocycles. The Morgan fingerprint density at radius 3 is 2.82 bits per heavy atom. The minimum Gasteiger partial charge on any atom is -0.496 e. The third-order valence-corrected chi connectivity index (χ3v) is 4.97. The molecular formula is C13H16Br2O2. The third kappa shape index (κ3) is 2.85. The molecule has 17 heavy (non-hydrogen) atoms. The molecule has 0 N–H and O–H groups in total. The largest absolute Gasteiger partial charge is 0.496 e. The number of hydrogen-bond donors (Lipinski definition) is 0. The lowest BCUT2D eigenvalue weighted by Gasteiger charge is -2.22. The number of alkyl halides is 1. The zero-order valence-corrected chi connectivity index (χ0v) is 13.1. The van der Waals surface area contributed by atoms with Gasteiger partial charge in [-0.3, -0.25) is 0 Å². The maximum absolute atomic E-state index is 5.63. The molecule has 1 saturated heterocycles. The van der Waals surface area contributed by atoms with Gasteiger partial charge in [0, 0.05) is 27.4 Å². The van der Waals surface area contributed by atoms with Gasteiger partial charge >= 0.3 is 0 Å². The SMILES string of the molecule is COc1ccc(Br)cc1C(Br)C1CCOC1C. The first-order valence-corrected chi connectivity index (χ1v) is 7.43. The number of methoxy groups -OCH3 is 1. The van der Waals surface area contributed by atoms with E-state index in [1.54, 1.807) is 7.11 Å². The van der Waals surface area contributed by atoms with Crippen molar-refractivity contribution in [2.24, 2.45) is 5.92 Å². The van der Waals surface area contributed by atoms with E-state index in [0.29, 0.717) is 12.0 Å². The van der Waals surface area contributed by atoms with E-state index >= 15 is 0 Å². The van der Waals surface area contributed by atoms with Crippen molar-refractivity contribution in [1.29, 1.82) is 0 Å². The van der Waals surface area contributed by atoms with Gasteiger partial charge in [-0.1, -0.05) is 31.9 Å². The molecule has 2 nitrogen and oxygen atoms in total. The van der Waals surface area contributed by atoms with Crippen LogP contribution in [0.1, 0.15) is 23.7 Å². The summed E-state index contributed by atoms with van der Waals surface area (Å²) in [6, 6.07) is 6.11. The highest BCUT2D eigenvalue weighted by Gasteiger charge is 2.32. The molecule has 1 fully saturated rings. The standard InChI is InChI=1S/C13H16Br2O2/c1-8-10(5-6-17-8)13(15)11-7-9(14)3-4-12(11)16-2/h3-4,7-8,10,13H,5-6H2,1-2H3. The maximum atomic E-state index is 5.63. The summed E-state index contributed by atoms with van der Waals surface area (Å²) < 4.78 is 12.1. The lowest BCUT2D eigenvalue weighted by Crippen LogP contribution is -2.16. The highest BCUT2D eigenvalue weighted by molar-refractivity contribution is 9.10. The van der Waals surface area contributed by atoms with Crippen LogP contribution in [0, 0.1) is 5.92 Å². The van der Waals surface area contributed by atoms with E-state index in [1.165, 1.54) is 5.56 Å². The van der Waals surface area contributed by atoms with Gasteiger partial charge in [0.15, 0.2) is 0 Å². The first-order valence-electron chi connectivity index (χ1n) is 5.72. The van der Waals surface area contributed by atoms with Gasteiger partial charge in [-0.25, -0.2) is 0 Å². The fourth-order valence-corrected chi connectivity index (χ4v) is 3.71. The topological polar surface area (TPSA) is 18.5 Å². The second kappa shape index (κ2) is 5.72.